The SMILES string of the molecule is c1ccc(-c2ccc(-c3nc(-c4ccc5c6c(cccc46)-c4ccccc4-5)nc(-c4cncc5c4ccc4c6ccccc6ccc54)n3)cc2)cc1. The lowest BCUT2D eigenvalue weighted by Crippen LogP contribution is -2.01. The van der Waals surface area contributed by atoms with Gasteiger partial charge >= 0.3 is 0 Å². The summed E-state index contributed by atoms with van der Waals surface area (Å²) in [6.45, 7) is 0. The molecule has 2 aromatic heterocycles. The monoisotopic (exact) mass is 660 g/mol. The van der Waals surface area contributed by atoms with Gasteiger partial charge in [-0.2, -0.15) is 0 Å². The highest BCUT2D eigenvalue weighted by Gasteiger charge is 2.24. The summed E-state index contributed by atoms with van der Waals surface area (Å²) in [5.41, 5.74) is 10.1. The highest BCUT2D eigenvalue weighted by Crippen LogP contribution is 2.49. The molecule has 0 N–H and O–H groups in total. The van der Waals surface area contributed by atoms with Crippen molar-refractivity contribution in [2.45, 2.75) is 0 Å². The smallest absolute Gasteiger partial charge is 0.166 e. The Hall–Kier alpha value is -7.04. The van der Waals surface area contributed by atoms with E-state index in [0.29, 0.717) is 17.5 Å². The van der Waals surface area contributed by atoms with E-state index in [4.69, 9.17) is 19.9 Å². The molecule has 0 fully saturated rings. The molecular formula is C48H28N4. The number of benzene rings is 8. The molecule has 52 heavy (non-hydrogen) atoms. The van der Waals surface area contributed by atoms with Crippen LogP contribution >= 0.6 is 0 Å². The van der Waals surface area contributed by atoms with Crippen LogP contribution in [0.15, 0.2) is 170 Å². The van der Waals surface area contributed by atoms with Crippen molar-refractivity contribution in [3.05, 3.63) is 170 Å². The molecular weight excluding hydrogens is 633 g/mol. The average Bonchev–Trinajstić information content (AvgIpc) is 3.55. The number of rotatable bonds is 4. The highest BCUT2D eigenvalue weighted by molar-refractivity contribution is 6.20. The van der Waals surface area contributed by atoms with Crippen molar-refractivity contribution in [2.24, 2.45) is 0 Å². The molecule has 0 unspecified atom stereocenters. The fraction of sp³-hybridized carbons (Fsp3) is 0. The maximum atomic E-state index is 5.26. The van der Waals surface area contributed by atoms with E-state index in [1.807, 2.05) is 18.5 Å². The Morgan fingerprint density at radius 2 is 0.846 bits per heavy atom. The Kier molecular flexibility index (Phi) is 6.22. The number of aromatic nitrogens is 4. The van der Waals surface area contributed by atoms with Crippen LogP contribution < -0.4 is 0 Å². The Morgan fingerprint density at radius 3 is 1.69 bits per heavy atom. The first-order valence-electron chi connectivity index (χ1n) is 17.5. The predicted molar refractivity (Wildman–Crippen MR) is 214 cm³/mol. The van der Waals surface area contributed by atoms with Crippen molar-refractivity contribution >= 4 is 43.1 Å². The van der Waals surface area contributed by atoms with Gasteiger partial charge in [0.05, 0.1) is 0 Å². The number of hydrogen-bond donors (Lipinski definition) is 0. The van der Waals surface area contributed by atoms with Crippen LogP contribution in [0.25, 0.3) is 111 Å². The van der Waals surface area contributed by atoms with Crippen LogP contribution in [0.4, 0.5) is 0 Å². The fourth-order valence-electron chi connectivity index (χ4n) is 8.11. The molecule has 0 saturated carbocycles. The molecule has 4 heteroatoms. The molecule has 11 rings (SSSR count). The first-order valence-corrected chi connectivity index (χ1v) is 17.5. The van der Waals surface area contributed by atoms with Gasteiger partial charge in [0.25, 0.3) is 0 Å². The summed E-state index contributed by atoms with van der Waals surface area (Å²) in [5, 5.41) is 9.29. The molecule has 0 aliphatic heterocycles. The lowest BCUT2D eigenvalue weighted by atomic mass is 9.96. The quantitative estimate of drug-likeness (QED) is 0.176. The molecule has 8 aromatic carbocycles. The molecule has 0 saturated heterocycles. The van der Waals surface area contributed by atoms with Crippen molar-refractivity contribution in [1.29, 1.82) is 0 Å². The molecule has 0 atom stereocenters. The van der Waals surface area contributed by atoms with Crippen LogP contribution in [-0.4, -0.2) is 19.9 Å². The average molecular weight is 661 g/mol. The molecule has 0 spiro atoms. The summed E-state index contributed by atoms with van der Waals surface area (Å²) < 4.78 is 0. The van der Waals surface area contributed by atoms with Crippen LogP contribution in [0.2, 0.25) is 0 Å². The van der Waals surface area contributed by atoms with Gasteiger partial charge in [-0.15, -0.1) is 0 Å². The van der Waals surface area contributed by atoms with Crippen LogP contribution in [0.1, 0.15) is 0 Å². The standard InChI is InChI=1S/C48H28N4/c1-2-9-29(10-3-1)30-17-19-32(20-18-30)46-50-47(42-26-25-41-35-14-7-6-13-34(35)39-15-8-16-40(42)45(39)41)52-48(51-46)44-28-49-27-43-37-22-21-31-11-4-5-12-33(31)36(37)23-24-38(43)44/h1-28H. The summed E-state index contributed by atoms with van der Waals surface area (Å²) in [6, 6.07) is 55.8. The predicted octanol–water partition coefficient (Wildman–Crippen LogP) is 12.2. The second kappa shape index (κ2) is 11.2. The van der Waals surface area contributed by atoms with Gasteiger partial charge in [-0.05, 0) is 77.2 Å². The number of pyridine rings is 1. The molecule has 0 radical (unpaired) electrons. The van der Waals surface area contributed by atoms with E-state index in [9.17, 15) is 0 Å². The first kappa shape index (κ1) is 28.8. The Bertz CT molecular complexity index is 3030. The number of fused-ring (bicyclic) bond motifs is 8. The minimum absolute atomic E-state index is 0.594. The minimum atomic E-state index is 0.594. The van der Waals surface area contributed by atoms with Crippen molar-refractivity contribution in [1.82, 2.24) is 19.9 Å². The third-order valence-corrected chi connectivity index (χ3v) is 10.6. The zero-order chi connectivity index (χ0) is 34.2. The molecule has 10 aromatic rings. The summed E-state index contributed by atoms with van der Waals surface area (Å²) in [7, 11) is 0. The largest absolute Gasteiger partial charge is 0.263 e. The first-order chi connectivity index (χ1) is 25.8. The second-order valence-corrected chi connectivity index (χ2v) is 13.4. The molecule has 1 aliphatic carbocycles. The van der Waals surface area contributed by atoms with Crippen LogP contribution in [-0.2, 0) is 0 Å². The number of hydrogen-bond acceptors (Lipinski definition) is 4. The van der Waals surface area contributed by atoms with Gasteiger partial charge in [0, 0.05) is 34.5 Å². The summed E-state index contributed by atoms with van der Waals surface area (Å²) in [4.78, 5) is 20.4. The van der Waals surface area contributed by atoms with Crippen LogP contribution in [0.3, 0.4) is 0 Å². The maximum absolute atomic E-state index is 5.26. The van der Waals surface area contributed by atoms with Crippen LogP contribution in [0.5, 0.6) is 0 Å². The lowest BCUT2D eigenvalue weighted by Gasteiger charge is -2.13. The van der Waals surface area contributed by atoms with E-state index >= 15 is 0 Å². The third kappa shape index (κ3) is 4.34. The fourth-order valence-corrected chi connectivity index (χ4v) is 8.11. The van der Waals surface area contributed by atoms with Crippen LogP contribution in [0, 0.1) is 0 Å². The van der Waals surface area contributed by atoms with Crippen molar-refractivity contribution < 1.29 is 0 Å². The maximum Gasteiger partial charge on any atom is 0.166 e. The molecule has 1 aliphatic rings. The minimum Gasteiger partial charge on any atom is -0.263 e. The summed E-state index contributed by atoms with van der Waals surface area (Å²) >= 11 is 0. The van der Waals surface area contributed by atoms with Gasteiger partial charge in [-0.3, -0.25) is 4.98 Å². The van der Waals surface area contributed by atoms with Gasteiger partial charge in [0.1, 0.15) is 0 Å². The molecule has 0 bridgehead atoms. The van der Waals surface area contributed by atoms with Gasteiger partial charge < -0.3 is 0 Å². The Morgan fingerprint density at radius 1 is 0.269 bits per heavy atom. The van der Waals surface area contributed by atoms with E-state index < -0.39 is 0 Å². The van der Waals surface area contributed by atoms with Gasteiger partial charge in [0.15, 0.2) is 17.5 Å². The zero-order valence-electron chi connectivity index (χ0n) is 28.0. The van der Waals surface area contributed by atoms with E-state index in [0.717, 1.165) is 43.8 Å². The van der Waals surface area contributed by atoms with E-state index in [2.05, 4.69) is 152 Å². The summed E-state index contributed by atoms with van der Waals surface area (Å²) in [6.07, 6.45) is 3.85. The second-order valence-electron chi connectivity index (χ2n) is 13.4. The normalized spacial score (nSPS) is 11.8. The van der Waals surface area contributed by atoms with Crippen molar-refractivity contribution in [3.63, 3.8) is 0 Å². The topological polar surface area (TPSA) is 51.6 Å². The van der Waals surface area contributed by atoms with Crippen molar-refractivity contribution in [3.8, 4) is 67.5 Å². The molecule has 4 nitrogen and oxygen atoms in total. The third-order valence-electron chi connectivity index (χ3n) is 10.6. The Balaban J connectivity index is 1.14. The number of nitrogens with zero attached hydrogens (tertiary/aromatic N) is 4. The van der Waals surface area contributed by atoms with E-state index in [1.54, 1.807) is 0 Å². The lowest BCUT2D eigenvalue weighted by molar-refractivity contribution is 1.08. The van der Waals surface area contributed by atoms with Gasteiger partial charge in [0.2, 0.25) is 0 Å². The molecule has 240 valence electrons. The van der Waals surface area contributed by atoms with E-state index in [1.165, 1.54) is 49.4 Å². The molecule has 2 heterocycles. The van der Waals surface area contributed by atoms with Gasteiger partial charge in [-0.25, -0.2) is 15.0 Å². The van der Waals surface area contributed by atoms with Gasteiger partial charge in [-0.1, -0.05) is 152 Å². The Labute approximate surface area is 299 Å². The molecule has 0 amide bonds. The highest BCUT2D eigenvalue weighted by atomic mass is 15.0. The zero-order valence-corrected chi connectivity index (χ0v) is 28.0. The van der Waals surface area contributed by atoms with Crippen molar-refractivity contribution in [2.75, 3.05) is 0 Å². The summed E-state index contributed by atoms with van der Waals surface area (Å²) in [5.74, 6) is 1.85. The van der Waals surface area contributed by atoms with E-state index in [-0.39, 0.29) is 0 Å².